The lowest BCUT2D eigenvalue weighted by Gasteiger charge is -2.33. The van der Waals surface area contributed by atoms with Crippen molar-refractivity contribution in [3.8, 4) is 0 Å². The van der Waals surface area contributed by atoms with Gasteiger partial charge in [-0.05, 0) is 24.7 Å². The van der Waals surface area contributed by atoms with E-state index >= 15 is 0 Å². The molecule has 0 saturated carbocycles. The van der Waals surface area contributed by atoms with Gasteiger partial charge in [0.05, 0.1) is 13.2 Å². The molecule has 4 nitrogen and oxygen atoms in total. The summed E-state index contributed by atoms with van der Waals surface area (Å²) >= 11 is 0. The van der Waals surface area contributed by atoms with Crippen molar-refractivity contribution < 1.29 is 18.3 Å². The largest absolute Gasteiger partial charge is 0.370 e. The smallest absolute Gasteiger partial charge is 0.224 e. The number of nitrogens with one attached hydrogen (secondary N) is 1. The molecular weight excluding hydrogens is 266 g/mol. The Bertz CT molecular complexity index is 482. The molecule has 1 aliphatic rings. The van der Waals surface area contributed by atoms with E-state index in [4.69, 9.17) is 4.74 Å². The number of nitrogens with zero attached hydrogens (tertiary/aromatic N) is 1. The molecule has 1 heterocycles. The molecule has 0 aromatic heterocycles. The predicted octanol–water partition coefficient (Wildman–Crippen LogP) is 1.47. The highest BCUT2D eigenvalue weighted by atomic mass is 19.2. The molecule has 1 aromatic rings. The van der Waals surface area contributed by atoms with Gasteiger partial charge in [0.15, 0.2) is 11.6 Å². The summed E-state index contributed by atoms with van der Waals surface area (Å²) in [5.74, 6) is -1.74. The Balaban J connectivity index is 2.02. The van der Waals surface area contributed by atoms with Crippen LogP contribution in [0, 0.1) is 11.6 Å². The molecule has 0 spiro atoms. The fourth-order valence-corrected chi connectivity index (χ4v) is 2.18. The molecule has 1 saturated heterocycles. The summed E-state index contributed by atoms with van der Waals surface area (Å²) in [5.41, 5.74) is 0.551. The Morgan fingerprint density at radius 2 is 2.25 bits per heavy atom. The fraction of sp³-hybridized carbons (Fsp3) is 0.500. The van der Waals surface area contributed by atoms with Crippen LogP contribution in [0.25, 0.3) is 0 Å². The minimum absolute atomic E-state index is 0.0373. The van der Waals surface area contributed by atoms with Crippen molar-refractivity contribution in [1.29, 1.82) is 0 Å². The number of benzene rings is 1. The van der Waals surface area contributed by atoms with Crippen LogP contribution in [-0.2, 0) is 9.53 Å². The van der Waals surface area contributed by atoms with Crippen molar-refractivity contribution in [3.63, 3.8) is 0 Å². The zero-order chi connectivity index (χ0) is 14.5. The number of hydrogen-bond donors (Lipinski definition) is 1. The molecule has 1 N–H and O–H groups in total. The summed E-state index contributed by atoms with van der Waals surface area (Å²) < 4.78 is 31.7. The van der Waals surface area contributed by atoms with Crippen LogP contribution in [0.5, 0.6) is 0 Å². The highest BCUT2D eigenvalue weighted by Crippen LogP contribution is 2.24. The van der Waals surface area contributed by atoms with E-state index in [1.807, 2.05) is 0 Å². The minimum atomic E-state index is -0.898. The third-order valence-corrected chi connectivity index (χ3v) is 3.32. The van der Waals surface area contributed by atoms with Crippen LogP contribution in [0.15, 0.2) is 18.2 Å². The molecule has 0 radical (unpaired) electrons. The number of carbonyl (C=O) groups is 1. The Hall–Kier alpha value is -1.53. The van der Waals surface area contributed by atoms with Crippen LogP contribution in [0.2, 0.25) is 0 Å². The Morgan fingerprint density at radius 1 is 1.45 bits per heavy atom. The van der Waals surface area contributed by atoms with E-state index in [2.05, 4.69) is 5.32 Å². The Morgan fingerprint density at radius 3 is 2.95 bits per heavy atom. The molecule has 20 heavy (non-hydrogen) atoms. The van der Waals surface area contributed by atoms with Gasteiger partial charge in [-0.1, -0.05) is 6.07 Å². The summed E-state index contributed by atoms with van der Waals surface area (Å²) in [5, 5.41) is 2.92. The second kappa shape index (κ2) is 6.76. The van der Waals surface area contributed by atoms with Crippen LogP contribution in [0.3, 0.4) is 0 Å². The second-order valence-corrected chi connectivity index (χ2v) is 4.73. The quantitative estimate of drug-likeness (QED) is 0.910. The van der Waals surface area contributed by atoms with Crippen molar-refractivity contribution in [2.45, 2.75) is 12.5 Å². The number of carbonyl (C=O) groups excluding carboxylic acids is 1. The lowest BCUT2D eigenvalue weighted by Crippen LogP contribution is -2.43. The number of hydrogen-bond acceptors (Lipinski definition) is 3. The summed E-state index contributed by atoms with van der Waals surface area (Å²) in [6, 6.07) is 3.70. The SMILES string of the molecule is CNCCC(=O)N1CCOC(c2ccc(F)c(F)c2)C1. The zero-order valence-electron chi connectivity index (χ0n) is 11.4. The van der Waals surface area contributed by atoms with Gasteiger partial charge in [-0.15, -0.1) is 0 Å². The van der Waals surface area contributed by atoms with Crippen LogP contribution in [0.1, 0.15) is 18.1 Å². The maximum absolute atomic E-state index is 13.2. The topological polar surface area (TPSA) is 41.6 Å². The Labute approximate surface area is 116 Å². The van der Waals surface area contributed by atoms with Crippen molar-refractivity contribution in [1.82, 2.24) is 10.2 Å². The standard InChI is InChI=1S/C14H18F2N2O2/c1-17-5-4-14(19)18-6-7-20-13(9-18)10-2-3-11(15)12(16)8-10/h2-3,8,13,17H,4-7,9H2,1H3. The van der Waals surface area contributed by atoms with Crippen LogP contribution < -0.4 is 5.32 Å². The molecule has 1 fully saturated rings. The van der Waals surface area contributed by atoms with Gasteiger partial charge in [0.2, 0.25) is 5.91 Å². The van der Waals surface area contributed by atoms with E-state index < -0.39 is 17.7 Å². The van der Waals surface area contributed by atoms with Gasteiger partial charge in [0.1, 0.15) is 6.10 Å². The van der Waals surface area contributed by atoms with Crippen molar-refractivity contribution in [2.24, 2.45) is 0 Å². The molecule has 1 aliphatic heterocycles. The van der Waals surface area contributed by atoms with Crippen LogP contribution in [-0.4, -0.2) is 44.1 Å². The van der Waals surface area contributed by atoms with Gasteiger partial charge in [0, 0.05) is 19.5 Å². The van der Waals surface area contributed by atoms with Gasteiger partial charge in [0.25, 0.3) is 0 Å². The van der Waals surface area contributed by atoms with E-state index in [1.165, 1.54) is 6.07 Å². The number of halogens is 2. The van der Waals surface area contributed by atoms with Crippen molar-refractivity contribution in [2.75, 3.05) is 33.3 Å². The zero-order valence-corrected chi connectivity index (χ0v) is 11.4. The lowest BCUT2D eigenvalue weighted by molar-refractivity contribution is -0.138. The summed E-state index contributed by atoms with van der Waals surface area (Å²) in [6.07, 6.45) is 0.0125. The summed E-state index contributed by atoms with van der Waals surface area (Å²) in [6.45, 7) is 1.91. The molecule has 2 rings (SSSR count). The van der Waals surface area contributed by atoms with Gasteiger partial charge >= 0.3 is 0 Å². The molecule has 6 heteroatoms. The number of rotatable bonds is 4. The molecule has 110 valence electrons. The van der Waals surface area contributed by atoms with E-state index in [9.17, 15) is 13.6 Å². The van der Waals surface area contributed by atoms with Gasteiger partial charge < -0.3 is 15.0 Å². The number of amides is 1. The van der Waals surface area contributed by atoms with Crippen molar-refractivity contribution in [3.05, 3.63) is 35.4 Å². The first-order valence-electron chi connectivity index (χ1n) is 6.60. The average Bonchev–Trinajstić information content (AvgIpc) is 2.47. The molecule has 0 bridgehead atoms. The first-order valence-corrected chi connectivity index (χ1v) is 6.60. The first-order chi connectivity index (χ1) is 9.61. The van der Waals surface area contributed by atoms with E-state index in [1.54, 1.807) is 11.9 Å². The monoisotopic (exact) mass is 284 g/mol. The number of ether oxygens (including phenoxy) is 1. The van der Waals surface area contributed by atoms with Crippen LogP contribution in [0.4, 0.5) is 8.78 Å². The Kier molecular flexibility index (Phi) is 5.03. The summed E-state index contributed by atoms with van der Waals surface area (Å²) in [4.78, 5) is 13.7. The molecule has 1 aromatic carbocycles. The maximum atomic E-state index is 13.2. The minimum Gasteiger partial charge on any atom is -0.370 e. The normalized spacial score (nSPS) is 19.1. The first kappa shape index (κ1) is 14.9. The van der Waals surface area contributed by atoms with Gasteiger partial charge in [-0.25, -0.2) is 8.78 Å². The van der Waals surface area contributed by atoms with E-state index in [-0.39, 0.29) is 5.91 Å². The highest BCUT2D eigenvalue weighted by molar-refractivity contribution is 5.76. The molecule has 1 atom stereocenters. The molecule has 1 unspecified atom stereocenters. The fourth-order valence-electron chi connectivity index (χ4n) is 2.18. The average molecular weight is 284 g/mol. The third-order valence-electron chi connectivity index (χ3n) is 3.32. The predicted molar refractivity (Wildman–Crippen MR) is 70.2 cm³/mol. The van der Waals surface area contributed by atoms with Gasteiger partial charge in [-0.2, -0.15) is 0 Å². The lowest BCUT2D eigenvalue weighted by atomic mass is 10.1. The van der Waals surface area contributed by atoms with Crippen molar-refractivity contribution >= 4 is 5.91 Å². The number of morpholine rings is 1. The van der Waals surface area contributed by atoms with Gasteiger partial charge in [-0.3, -0.25) is 4.79 Å². The molecule has 1 amide bonds. The maximum Gasteiger partial charge on any atom is 0.224 e. The summed E-state index contributed by atoms with van der Waals surface area (Å²) in [7, 11) is 1.79. The highest BCUT2D eigenvalue weighted by Gasteiger charge is 2.25. The second-order valence-electron chi connectivity index (χ2n) is 4.73. The van der Waals surface area contributed by atoms with Crippen LogP contribution >= 0.6 is 0 Å². The van der Waals surface area contributed by atoms with E-state index in [0.29, 0.717) is 38.2 Å². The molecular formula is C14H18F2N2O2. The third kappa shape index (κ3) is 3.52. The molecule has 0 aliphatic carbocycles. The van der Waals surface area contributed by atoms with E-state index in [0.717, 1.165) is 12.1 Å².